The molecule has 112 valence electrons. The van der Waals surface area contributed by atoms with E-state index in [4.69, 9.17) is 17.3 Å². The van der Waals surface area contributed by atoms with Crippen LogP contribution in [0.3, 0.4) is 0 Å². The summed E-state index contributed by atoms with van der Waals surface area (Å²) < 4.78 is 13.6. The van der Waals surface area contributed by atoms with E-state index in [1.54, 1.807) is 6.07 Å². The average Bonchev–Trinajstić information content (AvgIpc) is 2.51. The molecule has 0 aliphatic carbocycles. The van der Waals surface area contributed by atoms with Crippen molar-refractivity contribution in [1.29, 1.82) is 0 Å². The lowest BCUT2D eigenvalue weighted by atomic mass is 10.0. The van der Waals surface area contributed by atoms with Crippen molar-refractivity contribution >= 4 is 17.3 Å². The van der Waals surface area contributed by atoms with E-state index in [-0.39, 0.29) is 11.1 Å². The first-order valence-electron chi connectivity index (χ1n) is 7.03. The molecule has 0 heterocycles. The lowest BCUT2D eigenvalue weighted by molar-refractivity contribution is 0.615. The standard InChI is InChI=1S/C17H20ClFN2/c1-3-12-4-7-14(8-5-12)21(2)17(11-20)13-6-9-15(18)16(19)10-13/h4-10,17H,3,11,20H2,1-2H3. The summed E-state index contributed by atoms with van der Waals surface area (Å²) in [5.41, 5.74) is 9.05. The van der Waals surface area contributed by atoms with Gasteiger partial charge < -0.3 is 10.6 Å². The Morgan fingerprint density at radius 1 is 1.19 bits per heavy atom. The number of likely N-dealkylation sites (N-methyl/N-ethyl adjacent to an activating group) is 1. The van der Waals surface area contributed by atoms with Crippen LogP contribution < -0.4 is 10.6 Å². The van der Waals surface area contributed by atoms with Crippen molar-refractivity contribution in [2.24, 2.45) is 5.73 Å². The second-order valence-electron chi connectivity index (χ2n) is 5.06. The highest BCUT2D eigenvalue weighted by atomic mass is 35.5. The highest BCUT2D eigenvalue weighted by Gasteiger charge is 2.17. The lowest BCUT2D eigenvalue weighted by Crippen LogP contribution is -2.30. The molecule has 0 aromatic heterocycles. The molecule has 1 unspecified atom stereocenters. The van der Waals surface area contributed by atoms with Gasteiger partial charge in [-0.2, -0.15) is 0 Å². The Morgan fingerprint density at radius 2 is 1.86 bits per heavy atom. The Labute approximate surface area is 130 Å². The fourth-order valence-electron chi connectivity index (χ4n) is 2.38. The predicted molar refractivity (Wildman–Crippen MR) is 87.4 cm³/mol. The van der Waals surface area contributed by atoms with Crippen LogP contribution in [-0.2, 0) is 6.42 Å². The monoisotopic (exact) mass is 306 g/mol. The molecule has 0 amide bonds. The fraction of sp³-hybridized carbons (Fsp3) is 0.294. The normalized spacial score (nSPS) is 12.2. The first kappa shape index (κ1) is 15.8. The summed E-state index contributed by atoms with van der Waals surface area (Å²) in [5.74, 6) is -0.414. The molecular formula is C17H20ClFN2. The topological polar surface area (TPSA) is 29.3 Å². The molecule has 0 aliphatic heterocycles. The number of aryl methyl sites for hydroxylation is 1. The van der Waals surface area contributed by atoms with E-state index in [1.807, 2.05) is 13.1 Å². The zero-order chi connectivity index (χ0) is 15.4. The van der Waals surface area contributed by atoms with Gasteiger partial charge in [0.15, 0.2) is 0 Å². The highest BCUT2D eigenvalue weighted by Crippen LogP contribution is 2.27. The van der Waals surface area contributed by atoms with Gasteiger partial charge in [0.2, 0.25) is 0 Å². The SMILES string of the molecule is CCc1ccc(N(C)C(CN)c2ccc(Cl)c(F)c2)cc1. The van der Waals surface area contributed by atoms with Crippen LogP contribution in [-0.4, -0.2) is 13.6 Å². The quantitative estimate of drug-likeness (QED) is 0.898. The van der Waals surface area contributed by atoms with Crippen LogP contribution >= 0.6 is 11.6 Å². The van der Waals surface area contributed by atoms with Gasteiger partial charge in [-0.3, -0.25) is 0 Å². The van der Waals surface area contributed by atoms with Crippen molar-refractivity contribution < 1.29 is 4.39 Å². The Hall–Kier alpha value is -1.58. The molecule has 0 radical (unpaired) electrons. The van der Waals surface area contributed by atoms with Crippen molar-refractivity contribution in [2.45, 2.75) is 19.4 Å². The Morgan fingerprint density at radius 3 is 2.38 bits per heavy atom. The lowest BCUT2D eigenvalue weighted by Gasteiger charge is -2.29. The van der Waals surface area contributed by atoms with Crippen molar-refractivity contribution in [3.8, 4) is 0 Å². The van der Waals surface area contributed by atoms with Crippen LogP contribution in [0.1, 0.15) is 24.1 Å². The number of nitrogens with zero attached hydrogens (tertiary/aromatic N) is 1. The van der Waals surface area contributed by atoms with E-state index in [9.17, 15) is 4.39 Å². The van der Waals surface area contributed by atoms with Crippen LogP contribution in [0.15, 0.2) is 42.5 Å². The van der Waals surface area contributed by atoms with Gasteiger partial charge in [0.25, 0.3) is 0 Å². The number of anilines is 1. The predicted octanol–water partition coefficient (Wildman–Crippen LogP) is 4.18. The third kappa shape index (κ3) is 3.55. The van der Waals surface area contributed by atoms with Gasteiger partial charge >= 0.3 is 0 Å². The molecule has 0 fully saturated rings. The molecule has 0 bridgehead atoms. The Kier molecular flexibility index (Phi) is 5.21. The summed E-state index contributed by atoms with van der Waals surface area (Å²) in [6, 6.07) is 13.1. The zero-order valence-corrected chi connectivity index (χ0v) is 13.1. The van der Waals surface area contributed by atoms with Gasteiger partial charge in [0.05, 0.1) is 11.1 Å². The van der Waals surface area contributed by atoms with Gasteiger partial charge in [-0.1, -0.05) is 36.7 Å². The first-order chi connectivity index (χ1) is 10.1. The largest absolute Gasteiger partial charge is 0.366 e. The van der Waals surface area contributed by atoms with Gasteiger partial charge in [0, 0.05) is 19.3 Å². The summed E-state index contributed by atoms with van der Waals surface area (Å²) >= 11 is 5.74. The van der Waals surface area contributed by atoms with E-state index >= 15 is 0 Å². The van der Waals surface area contributed by atoms with Crippen molar-refractivity contribution in [3.05, 3.63) is 64.4 Å². The van der Waals surface area contributed by atoms with E-state index < -0.39 is 5.82 Å². The van der Waals surface area contributed by atoms with Crippen LogP contribution in [0, 0.1) is 5.82 Å². The highest BCUT2D eigenvalue weighted by molar-refractivity contribution is 6.30. The Balaban J connectivity index is 2.28. The second kappa shape index (κ2) is 6.92. The third-order valence-electron chi connectivity index (χ3n) is 3.77. The maximum Gasteiger partial charge on any atom is 0.142 e. The maximum atomic E-state index is 13.6. The molecule has 21 heavy (non-hydrogen) atoms. The Bertz CT molecular complexity index is 598. The number of hydrogen-bond acceptors (Lipinski definition) is 2. The molecule has 2 nitrogen and oxygen atoms in total. The molecule has 2 rings (SSSR count). The smallest absolute Gasteiger partial charge is 0.142 e. The molecule has 1 atom stereocenters. The number of hydrogen-bond donors (Lipinski definition) is 1. The van der Waals surface area contributed by atoms with E-state index in [0.29, 0.717) is 6.54 Å². The average molecular weight is 307 g/mol. The first-order valence-corrected chi connectivity index (χ1v) is 7.41. The summed E-state index contributed by atoms with van der Waals surface area (Å²) in [7, 11) is 1.96. The van der Waals surface area contributed by atoms with Crippen molar-refractivity contribution in [2.75, 3.05) is 18.5 Å². The molecule has 2 aromatic carbocycles. The third-order valence-corrected chi connectivity index (χ3v) is 4.08. The van der Waals surface area contributed by atoms with E-state index in [1.165, 1.54) is 11.6 Å². The van der Waals surface area contributed by atoms with Crippen molar-refractivity contribution in [1.82, 2.24) is 0 Å². The van der Waals surface area contributed by atoms with Crippen LogP contribution in [0.25, 0.3) is 0 Å². The van der Waals surface area contributed by atoms with Crippen molar-refractivity contribution in [3.63, 3.8) is 0 Å². The maximum absolute atomic E-state index is 13.6. The number of halogens is 2. The molecule has 4 heteroatoms. The van der Waals surface area contributed by atoms with Crippen LogP contribution in [0.5, 0.6) is 0 Å². The summed E-state index contributed by atoms with van der Waals surface area (Å²) in [5, 5.41) is 0.129. The molecule has 0 saturated heterocycles. The summed E-state index contributed by atoms with van der Waals surface area (Å²) in [6.07, 6.45) is 1.01. The molecule has 0 spiro atoms. The number of rotatable bonds is 5. The van der Waals surface area contributed by atoms with E-state index in [0.717, 1.165) is 17.7 Å². The molecule has 2 N–H and O–H groups in total. The summed E-state index contributed by atoms with van der Waals surface area (Å²) in [4.78, 5) is 2.06. The van der Waals surface area contributed by atoms with Gasteiger partial charge in [-0.05, 0) is 41.8 Å². The minimum atomic E-state index is -0.414. The van der Waals surface area contributed by atoms with E-state index in [2.05, 4.69) is 36.1 Å². The minimum Gasteiger partial charge on any atom is -0.366 e. The fourth-order valence-corrected chi connectivity index (χ4v) is 2.50. The van der Waals surface area contributed by atoms with Gasteiger partial charge in [-0.25, -0.2) is 4.39 Å². The van der Waals surface area contributed by atoms with Gasteiger partial charge in [-0.15, -0.1) is 0 Å². The molecular weight excluding hydrogens is 287 g/mol. The zero-order valence-electron chi connectivity index (χ0n) is 12.3. The molecule has 0 saturated carbocycles. The van der Waals surface area contributed by atoms with Crippen LogP contribution in [0.4, 0.5) is 10.1 Å². The molecule has 2 aromatic rings. The number of nitrogens with two attached hydrogens (primary N) is 1. The minimum absolute atomic E-state index is 0.0933. The number of benzene rings is 2. The second-order valence-corrected chi connectivity index (χ2v) is 5.46. The summed E-state index contributed by atoms with van der Waals surface area (Å²) in [6.45, 7) is 2.52. The van der Waals surface area contributed by atoms with Crippen LogP contribution in [0.2, 0.25) is 5.02 Å². The molecule has 0 aliphatic rings. The van der Waals surface area contributed by atoms with Gasteiger partial charge in [0.1, 0.15) is 5.82 Å².